The maximum Gasteiger partial charge on any atom is 0.191 e. The van der Waals surface area contributed by atoms with Gasteiger partial charge in [0.15, 0.2) is 5.96 Å². The first kappa shape index (κ1) is 19.9. The van der Waals surface area contributed by atoms with Crippen LogP contribution in [-0.4, -0.2) is 49.1 Å². The van der Waals surface area contributed by atoms with Crippen molar-refractivity contribution in [3.63, 3.8) is 0 Å². The third kappa shape index (κ3) is 4.19. The summed E-state index contributed by atoms with van der Waals surface area (Å²) in [5, 5.41) is 7.39. The second-order valence-electron chi connectivity index (χ2n) is 8.24. The molecule has 144 valence electrons. The lowest BCUT2D eigenvalue weighted by Crippen LogP contribution is -2.56. The first-order valence-corrected chi connectivity index (χ1v) is 9.93. The van der Waals surface area contributed by atoms with E-state index in [0.29, 0.717) is 18.0 Å². The van der Waals surface area contributed by atoms with Gasteiger partial charge in [-0.3, -0.25) is 4.99 Å². The predicted octanol–water partition coefficient (Wildman–Crippen LogP) is 3.65. The molecule has 0 amide bonds. The number of piperidine rings is 2. The molecule has 2 heterocycles. The van der Waals surface area contributed by atoms with Gasteiger partial charge >= 0.3 is 0 Å². The minimum atomic E-state index is 0. The van der Waals surface area contributed by atoms with Crippen LogP contribution in [0.3, 0.4) is 0 Å². The number of hydrogen-bond acceptors (Lipinski definition) is 2. The van der Waals surface area contributed by atoms with Crippen molar-refractivity contribution in [3.8, 4) is 0 Å². The predicted molar refractivity (Wildman–Crippen MR) is 120 cm³/mol. The highest BCUT2D eigenvalue weighted by atomic mass is 127. The van der Waals surface area contributed by atoms with Crippen LogP contribution in [0.15, 0.2) is 29.3 Å². The Hall–Kier alpha value is -0.820. The molecule has 3 fully saturated rings. The molecule has 4 atom stereocenters. The van der Waals surface area contributed by atoms with E-state index in [2.05, 4.69) is 58.8 Å². The first-order valence-electron chi connectivity index (χ1n) is 9.93. The highest BCUT2D eigenvalue weighted by molar-refractivity contribution is 14.0. The van der Waals surface area contributed by atoms with Crippen LogP contribution in [0.5, 0.6) is 0 Å². The molecule has 4 nitrogen and oxygen atoms in total. The molecule has 4 unspecified atom stereocenters. The summed E-state index contributed by atoms with van der Waals surface area (Å²) in [6.45, 7) is 2.22. The Labute approximate surface area is 175 Å². The van der Waals surface area contributed by atoms with E-state index in [0.717, 1.165) is 18.0 Å². The van der Waals surface area contributed by atoms with Crippen molar-refractivity contribution in [2.75, 3.05) is 14.1 Å². The summed E-state index contributed by atoms with van der Waals surface area (Å²) in [5.74, 6) is 1.63. The lowest BCUT2D eigenvalue weighted by molar-refractivity contribution is 0.0526. The molecule has 2 saturated heterocycles. The molecule has 1 aliphatic carbocycles. The van der Waals surface area contributed by atoms with Gasteiger partial charge in [0.1, 0.15) is 0 Å². The average molecular weight is 468 g/mol. The zero-order valence-corrected chi connectivity index (χ0v) is 18.6. The zero-order chi connectivity index (χ0) is 17.4. The normalized spacial score (nSPS) is 34.0. The van der Waals surface area contributed by atoms with E-state index in [4.69, 9.17) is 0 Å². The maximum absolute atomic E-state index is 4.51. The van der Waals surface area contributed by atoms with E-state index in [9.17, 15) is 0 Å². The number of benzene rings is 1. The fraction of sp³-hybridized carbons (Fsp3) is 0.667. The van der Waals surface area contributed by atoms with Crippen molar-refractivity contribution in [1.29, 1.82) is 0 Å². The standard InChI is InChI=1S/C21H32N4.HI/c1-14-7-4-5-10-18(14)19-13-20(19)24-21(22-2)23-15-11-16-8-6-9-17(12-15)25(16)3;/h4-5,7,10,15-17,19-20H,6,8-9,11-13H2,1-3H3,(H2,22,23,24);1H. The fourth-order valence-electron chi connectivity index (χ4n) is 4.97. The van der Waals surface area contributed by atoms with Crippen LogP contribution in [0.25, 0.3) is 0 Å². The Morgan fingerprint density at radius 2 is 1.77 bits per heavy atom. The largest absolute Gasteiger partial charge is 0.354 e. The Kier molecular flexibility index (Phi) is 6.49. The molecule has 2 bridgehead atoms. The summed E-state index contributed by atoms with van der Waals surface area (Å²) in [6, 6.07) is 11.4. The van der Waals surface area contributed by atoms with Gasteiger partial charge in [0, 0.05) is 37.1 Å². The molecule has 0 spiro atoms. The number of nitrogens with one attached hydrogen (secondary N) is 2. The fourth-order valence-corrected chi connectivity index (χ4v) is 4.97. The van der Waals surface area contributed by atoms with Gasteiger partial charge in [0.2, 0.25) is 0 Å². The molecule has 2 aliphatic heterocycles. The number of aryl methyl sites for hydroxylation is 1. The quantitative estimate of drug-likeness (QED) is 0.404. The third-order valence-corrected chi connectivity index (χ3v) is 6.60. The second kappa shape index (κ2) is 8.46. The highest BCUT2D eigenvalue weighted by Gasteiger charge is 2.41. The van der Waals surface area contributed by atoms with Crippen molar-refractivity contribution in [2.45, 2.75) is 75.5 Å². The van der Waals surface area contributed by atoms with E-state index in [1.807, 2.05) is 7.05 Å². The Bertz CT molecular complexity index is 633. The number of guanidine groups is 1. The first-order chi connectivity index (χ1) is 12.2. The number of hydrogen-bond donors (Lipinski definition) is 2. The van der Waals surface area contributed by atoms with E-state index >= 15 is 0 Å². The highest BCUT2D eigenvalue weighted by Crippen LogP contribution is 2.42. The summed E-state index contributed by atoms with van der Waals surface area (Å²) < 4.78 is 0. The van der Waals surface area contributed by atoms with E-state index < -0.39 is 0 Å². The number of rotatable bonds is 3. The SMILES string of the molecule is CN=C(NC1CC2CCCC(C1)N2C)NC1CC1c1ccccc1C.I. The minimum Gasteiger partial charge on any atom is -0.354 e. The van der Waals surface area contributed by atoms with Gasteiger partial charge in [-0.1, -0.05) is 30.7 Å². The summed E-state index contributed by atoms with van der Waals surface area (Å²) in [4.78, 5) is 7.12. The number of nitrogens with zero attached hydrogens (tertiary/aromatic N) is 2. The molecule has 1 aromatic rings. The molecule has 26 heavy (non-hydrogen) atoms. The van der Waals surface area contributed by atoms with Crippen molar-refractivity contribution in [1.82, 2.24) is 15.5 Å². The van der Waals surface area contributed by atoms with Crippen LogP contribution in [0.2, 0.25) is 0 Å². The monoisotopic (exact) mass is 468 g/mol. The molecule has 1 aromatic carbocycles. The Balaban J connectivity index is 0.00000196. The Morgan fingerprint density at radius 3 is 2.42 bits per heavy atom. The summed E-state index contributed by atoms with van der Waals surface area (Å²) >= 11 is 0. The minimum absolute atomic E-state index is 0. The van der Waals surface area contributed by atoms with Crippen molar-refractivity contribution >= 4 is 29.9 Å². The van der Waals surface area contributed by atoms with Crippen LogP contribution in [0.4, 0.5) is 0 Å². The molecule has 0 aromatic heterocycles. The zero-order valence-electron chi connectivity index (χ0n) is 16.2. The molecule has 0 radical (unpaired) electrons. The van der Waals surface area contributed by atoms with Crippen LogP contribution in [0, 0.1) is 6.92 Å². The molecular formula is C21H33IN4. The summed E-state index contributed by atoms with van der Waals surface area (Å²) in [7, 11) is 4.21. The van der Waals surface area contributed by atoms with E-state index in [1.165, 1.54) is 49.7 Å². The molecule has 5 heteroatoms. The van der Waals surface area contributed by atoms with Gasteiger partial charge in [0.05, 0.1) is 0 Å². The summed E-state index contributed by atoms with van der Waals surface area (Å²) in [5.41, 5.74) is 2.90. The second-order valence-corrected chi connectivity index (χ2v) is 8.24. The molecular weight excluding hydrogens is 435 g/mol. The molecule has 4 rings (SSSR count). The van der Waals surface area contributed by atoms with Gasteiger partial charge in [-0.2, -0.15) is 0 Å². The maximum atomic E-state index is 4.51. The van der Waals surface area contributed by atoms with Crippen LogP contribution in [0.1, 0.15) is 55.6 Å². The average Bonchev–Trinajstić information content (AvgIpc) is 3.34. The van der Waals surface area contributed by atoms with Crippen molar-refractivity contribution < 1.29 is 0 Å². The van der Waals surface area contributed by atoms with Crippen LogP contribution in [-0.2, 0) is 0 Å². The van der Waals surface area contributed by atoms with Crippen molar-refractivity contribution in [3.05, 3.63) is 35.4 Å². The molecule has 1 saturated carbocycles. The van der Waals surface area contributed by atoms with E-state index in [1.54, 1.807) is 0 Å². The summed E-state index contributed by atoms with van der Waals surface area (Å²) in [6.07, 6.45) is 7.83. The number of halogens is 1. The lowest BCUT2D eigenvalue weighted by Gasteiger charge is -2.47. The molecule has 2 N–H and O–H groups in total. The van der Waals surface area contributed by atoms with E-state index in [-0.39, 0.29) is 24.0 Å². The van der Waals surface area contributed by atoms with Gasteiger partial charge in [-0.15, -0.1) is 24.0 Å². The number of aliphatic imine (C=N–C) groups is 1. The Morgan fingerprint density at radius 1 is 1.08 bits per heavy atom. The smallest absolute Gasteiger partial charge is 0.191 e. The van der Waals surface area contributed by atoms with Crippen molar-refractivity contribution in [2.24, 2.45) is 4.99 Å². The van der Waals surface area contributed by atoms with Gasteiger partial charge in [-0.25, -0.2) is 0 Å². The molecule has 3 aliphatic rings. The van der Waals surface area contributed by atoms with Crippen LogP contribution >= 0.6 is 24.0 Å². The topological polar surface area (TPSA) is 39.7 Å². The van der Waals surface area contributed by atoms with Gasteiger partial charge in [-0.05, 0) is 57.2 Å². The van der Waals surface area contributed by atoms with Gasteiger partial charge in [0.25, 0.3) is 0 Å². The van der Waals surface area contributed by atoms with Crippen LogP contribution < -0.4 is 10.6 Å². The lowest BCUT2D eigenvalue weighted by atomic mass is 9.82. The third-order valence-electron chi connectivity index (χ3n) is 6.60. The number of fused-ring (bicyclic) bond motifs is 2. The van der Waals surface area contributed by atoms with Gasteiger partial charge < -0.3 is 15.5 Å².